The van der Waals surface area contributed by atoms with Gasteiger partial charge in [0.1, 0.15) is 0 Å². The van der Waals surface area contributed by atoms with Crippen LogP contribution in [-0.4, -0.2) is 86.2 Å². The Kier molecular flexibility index (Phi) is 20.5. The van der Waals surface area contributed by atoms with Crippen LogP contribution in [-0.2, 0) is 24.4 Å². The second-order valence-electron chi connectivity index (χ2n) is 2.39. The van der Waals surface area contributed by atoms with E-state index < -0.39 is 9.05 Å². The number of hydrogen-bond donors (Lipinski definition) is 2. The molecular weight excluding hydrogens is 246 g/mol. The third kappa shape index (κ3) is 19.8. The van der Waals surface area contributed by atoms with Gasteiger partial charge in [-0.1, -0.05) is 12.8 Å². The Morgan fingerprint density at radius 1 is 1.14 bits per heavy atom. The maximum atomic E-state index is 10.4. The van der Waals surface area contributed by atoms with Crippen molar-refractivity contribution in [3.8, 4) is 0 Å². The van der Waals surface area contributed by atoms with Gasteiger partial charge in [0.15, 0.2) is 0 Å². The molecular formula is C6H16Na2O4S2. The quantitative estimate of drug-likeness (QED) is 0.473. The van der Waals surface area contributed by atoms with Crippen molar-refractivity contribution < 1.29 is 18.1 Å². The maximum absolute atomic E-state index is 10.4. The van der Waals surface area contributed by atoms with Crippen LogP contribution in [0.1, 0.15) is 25.7 Å². The molecule has 0 aromatic heterocycles. The second-order valence-corrected chi connectivity index (χ2v) is 4.74. The van der Waals surface area contributed by atoms with Crippen LogP contribution in [0.4, 0.5) is 0 Å². The molecule has 0 rings (SSSR count). The van der Waals surface area contributed by atoms with Gasteiger partial charge in [0.25, 0.3) is 9.05 Å². The van der Waals surface area contributed by atoms with E-state index >= 15 is 0 Å². The molecule has 1 atom stereocenters. The van der Waals surface area contributed by atoms with Gasteiger partial charge in [0.05, 0.1) is 6.61 Å². The second kappa shape index (κ2) is 13.3. The van der Waals surface area contributed by atoms with E-state index in [1.54, 1.807) is 0 Å². The van der Waals surface area contributed by atoms with Crippen molar-refractivity contribution in [3.05, 3.63) is 0 Å². The average Bonchev–Trinajstić information content (AvgIpc) is 1.94. The van der Waals surface area contributed by atoms with E-state index in [9.17, 15) is 4.21 Å². The molecule has 0 aliphatic rings. The fraction of sp³-hybridized carbons (Fsp3) is 1.00. The van der Waals surface area contributed by atoms with Gasteiger partial charge in [-0.25, -0.2) is 0 Å². The summed E-state index contributed by atoms with van der Waals surface area (Å²) < 4.78 is 23.3. The molecule has 1 unspecified atom stereocenters. The minimum atomic E-state index is -3.43. The fourth-order valence-electron chi connectivity index (χ4n) is 0.732. The van der Waals surface area contributed by atoms with Gasteiger partial charge in [-0.05, 0) is 12.8 Å². The molecule has 0 bridgehead atoms. The molecule has 0 aromatic rings. The molecule has 0 amide bonds. The van der Waals surface area contributed by atoms with Crippen LogP contribution in [0.3, 0.4) is 0 Å². The molecule has 0 saturated heterocycles. The zero-order valence-corrected chi connectivity index (χ0v) is 8.40. The molecule has 2 N–H and O–H groups in total. The van der Waals surface area contributed by atoms with E-state index in [0.29, 0.717) is 6.42 Å². The van der Waals surface area contributed by atoms with Gasteiger partial charge in [-0.2, -0.15) is 4.21 Å². The third-order valence-electron chi connectivity index (χ3n) is 1.28. The number of aliphatic hydroxyl groups excluding tert-OH is 1. The van der Waals surface area contributed by atoms with Gasteiger partial charge in [0, 0.05) is 17.8 Å². The van der Waals surface area contributed by atoms with Crippen LogP contribution >= 0.6 is 0 Å². The number of rotatable bonds is 7. The Morgan fingerprint density at radius 3 is 2.07 bits per heavy atom. The number of unbranched alkanes of at least 4 members (excludes halogenated alkanes) is 3. The molecule has 0 aliphatic carbocycles. The standard InChI is InChI=1S/C6H14O4S2.2Na.2H/c7-5-3-1-2-4-6-10-12(8,9)11;;;;/h7H,1-6H2,(H,8,9,11);;;;. The van der Waals surface area contributed by atoms with Crippen LogP contribution < -0.4 is 0 Å². The van der Waals surface area contributed by atoms with Crippen molar-refractivity contribution in [3.63, 3.8) is 0 Å². The molecule has 0 heterocycles. The summed E-state index contributed by atoms with van der Waals surface area (Å²) in [6, 6.07) is 0. The SMILES string of the molecule is O=S(O)(=S)OCCCCCCO.[NaH].[NaH]. The average molecular weight is 262 g/mol. The normalized spacial score (nSPS) is 13.6. The molecule has 0 radical (unpaired) electrons. The molecule has 0 aromatic carbocycles. The minimum absolute atomic E-state index is 0. The predicted octanol–water partition coefficient (Wildman–Crippen LogP) is -0.607. The predicted molar refractivity (Wildman–Crippen MR) is 63.9 cm³/mol. The summed E-state index contributed by atoms with van der Waals surface area (Å²) in [5, 5.41) is 8.42. The first kappa shape index (κ1) is 21.5. The summed E-state index contributed by atoms with van der Waals surface area (Å²) in [5.41, 5.74) is 0. The summed E-state index contributed by atoms with van der Waals surface area (Å²) in [6.45, 7) is 0.406. The zero-order valence-electron chi connectivity index (χ0n) is 6.77. The van der Waals surface area contributed by atoms with Gasteiger partial charge >= 0.3 is 59.1 Å². The molecule has 8 heteroatoms. The van der Waals surface area contributed by atoms with Crippen molar-refractivity contribution >= 4 is 79.4 Å². The van der Waals surface area contributed by atoms with Gasteiger partial charge < -0.3 is 5.11 Å². The molecule has 0 saturated carbocycles. The summed E-state index contributed by atoms with van der Waals surface area (Å²) in [5.74, 6) is 0. The molecule has 78 valence electrons. The van der Waals surface area contributed by atoms with Gasteiger partial charge in [0.2, 0.25) is 0 Å². The Balaban J connectivity index is -0.000000605. The summed E-state index contributed by atoms with van der Waals surface area (Å²) in [6.07, 6.45) is 3.26. The van der Waals surface area contributed by atoms with Crippen LogP contribution in [0.5, 0.6) is 0 Å². The van der Waals surface area contributed by atoms with Gasteiger partial charge in [-0.3, -0.25) is 8.74 Å². The topological polar surface area (TPSA) is 66.8 Å². The van der Waals surface area contributed by atoms with E-state index in [1.165, 1.54) is 0 Å². The van der Waals surface area contributed by atoms with Crippen molar-refractivity contribution in [2.75, 3.05) is 13.2 Å². The first-order valence-corrected chi connectivity index (χ1v) is 6.15. The molecule has 0 spiro atoms. The van der Waals surface area contributed by atoms with Crippen LogP contribution in [0.25, 0.3) is 0 Å². The first-order valence-electron chi connectivity index (χ1n) is 3.79. The first-order chi connectivity index (χ1) is 5.56. The van der Waals surface area contributed by atoms with E-state index in [0.717, 1.165) is 19.3 Å². The van der Waals surface area contributed by atoms with Crippen molar-refractivity contribution in [1.82, 2.24) is 0 Å². The van der Waals surface area contributed by atoms with E-state index in [1.807, 2.05) is 0 Å². The monoisotopic (exact) mass is 262 g/mol. The Bertz CT molecular complexity index is 196. The summed E-state index contributed by atoms with van der Waals surface area (Å²) in [4.78, 5) is 0. The number of hydrogen-bond acceptors (Lipinski definition) is 4. The summed E-state index contributed by atoms with van der Waals surface area (Å²) in [7, 11) is -3.43. The Hall–Kier alpha value is 2.25. The van der Waals surface area contributed by atoms with Crippen molar-refractivity contribution in [1.29, 1.82) is 0 Å². The number of aliphatic hydroxyl groups is 1. The zero-order chi connectivity index (χ0) is 9.45. The molecule has 0 aliphatic heterocycles. The third-order valence-corrected chi connectivity index (χ3v) is 2.04. The van der Waals surface area contributed by atoms with Crippen molar-refractivity contribution in [2.45, 2.75) is 25.7 Å². The van der Waals surface area contributed by atoms with Crippen LogP contribution in [0.2, 0.25) is 0 Å². The Labute approximate surface area is 134 Å². The Morgan fingerprint density at radius 2 is 1.64 bits per heavy atom. The van der Waals surface area contributed by atoms with Crippen LogP contribution in [0, 0.1) is 0 Å². The molecule has 14 heavy (non-hydrogen) atoms. The molecule has 0 fully saturated rings. The van der Waals surface area contributed by atoms with Crippen LogP contribution in [0.15, 0.2) is 0 Å². The molecule has 4 nitrogen and oxygen atoms in total. The fourth-order valence-corrected chi connectivity index (χ4v) is 1.26. The van der Waals surface area contributed by atoms with E-state index in [2.05, 4.69) is 15.4 Å². The van der Waals surface area contributed by atoms with Gasteiger partial charge in [-0.15, -0.1) is 0 Å². The van der Waals surface area contributed by atoms with Crippen molar-refractivity contribution in [2.24, 2.45) is 0 Å². The summed E-state index contributed by atoms with van der Waals surface area (Å²) >= 11 is 4.11. The van der Waals surface area contributed by atoms with E-state index in [4.69, 9.17) is 9.66 Å². The van der Waals surface area contributed by atoms with E-state index in [-0.39, 0.29) is 72.3 Å².